The number of nitrogens with zero attached hydrogens (tertiary/aromatic N) is 2. The zero-order chi connectivity index (χ0) is 17.6. The number of carbonyl (C=O) groups is 1. The minimum atomic E-state index is -0.480. The lowest BCUT2D eigenvalue weighted by atomic mass is 10.2. The van der Waals surface area contributed by atoms with E-state index in [1.165, 1.54) is 13.3 Å². The van der Waals surface area contributed by atoms with Gasteiger partial charge in [-0.2, -0.15) is 0 Å². The number of aryl methyl sites for hydroxylation is 1. The van der Waals surface area contributed by atoms with Crippen molar-refractivity contribution in [3.63, 3.8) is 0 Å². The molecule has 3 aromatic rings. The van der Waals surface area contributed by atoms with Crippen molar-refractivity contribution in [3.8, 4) is 17.2 Å². The predicted molar refractivity (Wildman–Crippen MR) is 91.5 cm³/mol. The Kier molecular flexibility index (Phi) is 5.09. The third-order valence-corrected chi connectivity index (χ3v) is 3.70. The minimum Gasteiger partial charge on any atom is -0.492 e. The van der Waals surface area contributed by atoms with Crippen LogP contribution in [0.2, 0.25) is 0 Å². The minimum absolute atomic E-state index is 0.298. The zero-order valence-corrected chi connectivity index (χ0v) is 14.1. The first kappa shape index (κ1) is 16.7. The highest BCUT2D eigenvalue weighted by molar-refractivity contribution is 5.91. The molecular formula is C19H18N2O4. The SMILES string of the molecule is COC(=O)c1cnccc1OCCc1nc(-c2ccccc2)oc1C. The Labute approximate surface area is 145 Å². The molecule has 0 N–H and O–H groups in total. The van der Waals surface area contributed by atoms with Gasteiger partial charge in [0.1, 0.15) is 17.1 Å². The molecule has 0 aliphatic heterocycles. The smallest absolute Gasteiger partial charge is 0.343 e. The van der Waals surface area contributed by atoms with Crippen LogP contribution in [0, 0.1) is 6.92 Å². The molecule has 1 aromatic carbocycles. The Morgan fingerprint density at radius 2 is 2.00 bits per heavy atom. The summed E-state index contributed by atoms with van der Waals surface area (Å²) in [7, 11) is 1.32. The molecule has 128 valence electrons. The largest absolute Gasteiger partial charge is 0.492 e. The highest BCUT2D eigenvalue weighted by atomic mass is 16.5. The zero-order valence-electron chi connectivity index (χ0n) is 14.1. The van der Waals surface area contributed by atoms with Crippen molar-refractivity contribution in [1.29, 1.82) is 0 Å². The summed E-state index contributed by atoms with van der Waals surface area (Å²) in [5.41, 5.74) is 2.05. The number of hydrogen-bond acceptors (Lipinski definition) is 6. The number of esters is 1. The molecule has 2 heterocycles. The molecule has 0 saturated carbocycles. The van der Waals surface area contributed by atoms with Crippen molar-refractivity contribution < 1.29 is 18.7 Å². The van der Waals surface area contributed by atoms with E-state index >= 15 is 0 Å². The van der Waals surface area contributed by atoms with Crippen molar-refractivity contribution in [1.82, 2.24) is 9.97 Å². The van der Waals surface area contributed by atoms with E-state index in [4.69, 9.17) is 13.9 Å². The Morgan fingerprint density at radius 1 is 1.20 bits per heavy atom. The topological polar surface area (TPSA) is 74.5 Å². The summed E-state index contributed by atoms with van der Waals surface area (Å²) < 4.78 is 16.2. The van der Waals surface area contributed by atoms with E-state index in [-0.39, 0.29) is 0 Å². The maximum absolute atomic E-state index is 11.7. The molecule has 3 rings (SSSR count). The van der Waals surface area contributed by atoms with E-state index < -0.39 is 5.97 Å². The fraction of sp³-hybridized carbons (Fsp3) is 0.211. The molecule has 0 radical (unpaired) electrons. The van der Waals surface area contributed by atoms with Crippen molar-refractivity contribution >= 4 is 5.97 Å². The highest BCUT2D eigenvalue weighted by Crippen LogP contribution is 2.22. The van der Waals surface area contributed by atoms with Gasteiger partial charge in [0, 0.05) is 24.4 Å². The first-order valence-corrected chi connectivity index (χ1v) is 7.86. The van der Waals surface area contributed by atoms with Gasteiger partial charge in [-0.3, -0.25) is 4.98 Å². The fourth-order valence-electron chi connectivity index (χ4n) is 2.39. The summed E-state index contributed by atoms with van der Waals surface area (Å²) in [5.74, 6) is 1.30. The van der Waals surface area contributed by atoms with Crippen LogP contribution in [0.5, 0.6) is 5.75 Å². The van der Waals surface area contributed by atoms with E-state index in [9.17, 15) is 4.79 Å². The maximum Gasteiger partial charge on any atom is 0.343 e. The van der Waals surface area contributed by atoms with Gasteiger partial charge >= 0.3 is 5.97 Å². The number of benzene rings is 1. The first-order chi connectivity index (χ1) is 12.2. The van der Waals surface area contributed by atoms with Gasteiger partial charge in [0.2, 0.25) is 5.89 Å². The predicted octanol–water partition coefficient (Wildman–Crippen LogP) is 3.45. The van der Waals surface area contributed by atoms with E-state index in [2.05, 4.69) is 9.97 Å². The molecule has 0 bridgehead atoms. The quantitative estimate of drug-likeness (QED) is 0.641. The Morgan fingerprint density at radius 3 is 2.76 bits per heavy atom. The summed E-state index contributed by atoms with van der Waals surface area (Å²) in [6, 6.07) is 11.4. The number of aromatic nitrogens is 2. The van der Waals surface area contributed by atoms with Crippen LogP contribution in [0.25, 0.3) is 11.5 Å². The molecule has 0 aliphatic carbocycles. The standard InChI is InChI=1S/C19H18N2O4/c1-13-16(21-18(25-13)14-6-4-3-5-7-14)9-11-24-17-8-10-20-12-15(17)19(22)23-2/h3-8,10,12H,9,11H2,1-2H3. The summed E-state index contributed by atoms with van der Waals surface area (Å²) in [4.78, 5) is 20.2. The van der Waals surface area contributed by atoms with Crippen LogP contribution in [-0.2, 0) is 11.2 Å². The van der Waals surface area contributed by atoms with Crippen LogP contribution in [0.15, 0.2) is 53.2 Å². The number of pyridine rings is 1. The van der Waals surface area contributed by atoms with Gasteiger partial charge in [-0.25, -0.2) is 9.78 Å². The lowest BCUT2D eigenvalue weighted by Gasteiger charge is -2.08. The van der Waals surface area contributed by atoms with Crippen LogP contribution < -0.4 is 4.74 Å². The Bertz CT molecular complexity index is 859. The summed E-state index contributed by atoms with van der Waals surface area (Å²) in [5, 5.41) is 0. The molecule has 2 aromatic heterocycles. The van der Waals surface area contributed by atoms with Crippen molar-refractivity contribution in [3.05, 3.63) is 65.8 Å². The van der Waals surface area contributed by atoms with Gasteiger partial charge in [0.25, 0.3) is 0 Å². The second-order valence-electron chi connectivity index (χ2n) is 5.35. The second kappa shape index (κ2) is 7.61. The van der Waals surface area contributed by atoms with Gasteiger partial charge in [-0.05, 0) is 25.1 Å². The lowest BCUT2D eigenvalue weighted by molar-refractivity contribution is 0.0595. The van der Waals surface area contributed by atoms with Gasteiger partial charge in [0.05, 0.1) is 19.4 Å². The van der Waals surface area contributed by atoms with Crippen LogP contribution in [0.4, 0.5) is 0 Å². The molecule has 0 spiro atoms. The third kappa shape index (κ3) is 3.85. The molecule has 6 heteroatoms. The molecule has 0 aliphatic rings. The summed E-state index contributed by atoms with van der Waals surface area (Å²) in [6.07, 6.45) is 3.55. The van der Waals surface area contributed by atoms with Gasteiger partial charge in [-0.1, -0.05) is 18.2 Å². The van der Waals surface area contributed by atoms with Crippen molar-refractivity contribution in [2.45, 2.75) is 13.3 Å². The Hall–Kier alpha value is -3.15. The first-order valence-electron chi connectivity index (χ1n) is 7.86. The molecule has 0 amide bonds. The average molecular weight is 338 g/mol. The number of carbonyl (C=O) groups excluding carboxylic acids is 1. The van der Waals surface area contributed by atoms with Crippen molar-refractivity contribution in [2.24, 2.45) is 0 Å². The molecule has 0 atom stereocenters. The Balaban J connectivity index is 1.67. The fourth-order valence-corrected chi connectivity index (χ4v) is 2.39. The third-order valence-electron chi connectivity index (χ3n) is 3.70. The van der Waals surface area contributed by atoms with Crippen molar-refractivity contribution in [2.75, 3.05) is 13.7 Å². The van der Waals surface area contributed by atoms with Crippen LogP contribution >= 0.6 is 0 Å². The van der Waals surface area contributed by atoms with E-state index in [1.807, 2.05) is 37.3 Å². The van der Waals surface area contributed by atoms with Crippen LogP contribution in [0.3, 0.4) is 0 Å². The van der Waals surface area contributed by atoms with Crippen LogP contribution in [0.1, 0.15) is 21.8 Å². The molecule has 0 saturated heterocycles. The van der Waals surface area contributed by atoms with E-state index in [1.54, 1.807) is 12.3 Å². The monoisotopic (exact) mass is 338 g/mol. The normalized spacial score (nSPS) is 10.5. The maximum atomic E-state index is 11.7. The van der Waals surface area contributed by atoms with Gasteiger partial charge in [-0.15, -0.1) is 0 Å². The molecular weight excluding hydrogens is 320 g/mol. The number of hydrogen-bond donors (Lipinski definition) is 0. The molecule has 0 fully saturated rings. The average Bonchev–Trinajstić information content (AvgIpc) is 3.03. The van der Waals surface area contributed by atoms with E-state index in [0.29, 0.717) is 30.2 Å². The second-order valence-corrected chi connectivity index (χ2v) is 5.35. The van der Waals surface area contributed by atoms with E-state index in [0.717, 1.165) is 17.0 Å². The number of ether oxygens (including phenoxy) is 2. The summed E-state index contributed by atoms with van der Waals surface area (Å²) in [6.45, 7) is 2.23. The lowest BCUT2D eigenvalue weighted by Crippen LogP contribution is -2.09. The molecule has 25 heavy (non-hydrogen) atoms. The number of rotatable bonds is 6. The molecule has 6 nitrogen and oxygen atoms in total. The molecule has 0 unspecified atom stereocenters. The number of oxazole rings is 1. The summed E-state index contributed by atoms with van der Waals surface area (Å²) >= 11 is 0. The van der Waals surface area contributed by atoms with Gasteiger partial charge in [0.15, 0.2) is 0 Å². The highest BCUT2D eigenvalue weighted by Gasteiger charge is 2.14. The van der Waals surface area contributed by atoms with Gasteiger partial charge < -0.3 is 13.9 Å². The number of methoxy groups -OCH3 is 1. The van der Waals surface area contributed by atoms with Crippen LogP contribution in [-0.4, -0.2) is 29.7 Å².